The third-order valence-electron chi connectivity index (χ3n) is 2.80. The number of aryl methyl sites for hydroxylation is 2. The van der Waals surface area contributed by atoms with Gasteiger partial charge in [-0.05, 0) is 19.4 Å². The van der Waals surface area contributed by atoms with Crippen molar-refractivity contribution in [2.45, 2.75) is 40.2 Å². The third-order valence-corrected chi connectivity index (χ3v) is 2.80. The van der Waals surface area contributed by atoms with Gasteiger partial charge >= 0.3 is 0 Å². The summed E-state index contributed by atoms with van der Waals surface area (Å²) in [5.74, 6) is 2.12. The van der Waals surface area contributed by atoms with E-state index in [4.69, 9.17) is 0 Å². The van der Waals surface area contributed by atoms with E-state index in [0.717, 1.165) is 30.4 Å². The van der Waals surface area contributed by atoms with Crippen molar-refractivity contribution in [3.05, 3.63) is 35.5 Å². The summed E-state index contributed by atoms with van der Waals surface area (Å²) in [5, 5.41) is 7.58. The van der Waals surface area contributed by atoms with Crippen molar-refractivity contribution in [1.82, 2.24) is 19.7 Å². The minimum absolute atomic E-state index is 0.342. The van der Waals surface area contributed by atoms with Crippen LogP contribution in [0.4, 0.5) is 5.82 Å². The molecule has 2 aromatic heterocycles. The number of nitrogens with zero attached hydrogens (tertiary/aromatic N) is 4. The lowest BCUT2D eigenvalue weighted by atomic mass is 10.2. The fraction of sp³-hybridized carbons (Fsp3) is 0.500. The van der Waals surface area contributed by atoms with Crippen molar-refractivity contribution in [1.29, 1.82) is 0 Å². The SMILES string of the molecule is Cc1cnn(CCNc2cc(C)nc(C(C)C)n2)c1. The molecule has 0 atom stereocenters. The van der Waals surface area contributed by atoms with Crippen molar-refractivity contribution in [2.24, 2.45) is 0 Å². The molecule has 0 aliphatic heterocycles. The van der Waals surface area contributed by atoms with E-state index in [1.165, 1.54) is 5.56 Å². The van der Waals surface area contributed by atoms with E-state index in [2.05, 4.69) is 34.2 Å². The molecule has 19 heavy (non-hydrogen) atoms. The molecule has 0 fully saturated rings. The highest BCUT2D eigenvalue weighted by Crippen LogP contribution is 2.13. The molecule has 2 heterocycles. The molecule has 5 heteroatoms. The van der Waals surface area contributed by atoms with Crippen LogP contribution in [0.1, 0.15) is 36.8 Å². The van der Waals surface area contributed by atoms with Crippen molar-refractivity contribution in [3.63, 3.8) is 0 Å². The van der Waals surface area contributed by atoms with Gasteiger partial charge in [0.2, 0.25) is 0 Å². The van der Waals surface area contributed by atoms with Crippen molar-refractivity contribution >= 4 is 5.82 Å². The highest BCUT2D eigenvalue weighted by molar-refractivity contribution is 5.36. The molecule has 0 aromatic carbocycles. The summed E-state index contributed by atoms with van der Waals surface area (Å²) in [6, 6.07) is 1.97. The number of nitrogens with one attached hydrogen (secondary N) is 1. The molecule has 0 unspecified atom stereocenters. The summed E-state index contributed by atoms with van der Waals surface area (Å²) in [6.45, 7) is 9.87. The van der Waals surface area contributed by atoms with Gasteiger partial charge in [0.25, 0.3) is 0 Å². The maximum Gasteiger partial charge on any atom is 0.133 e. The summed E-state index contributed by atoms with van der Waals surface area (Å²) < 4.78 is 1.93. The Labute approximate surface area is 114 Å². The first-order valence-electron chi connectivity index (χ1n) is 6.63. The van der Waals surface area contributed by atoms with Gasteiger partial charge in [0, 0.05) is 30.4 Å². The van der Waals surface area contributed by atoms with E-state index in [-0.39, 0.29) is 0 Å². The second-order valence-corrected chi connectivity index (χ2v) is 5.12. The number of hydrogen-bond donors (Lipinski definition) is 1. The number of aromatic nitrogens is 4. The van der Waals surface area contributed by atoms with Crippen LogP contribution >= 0.6 is 0 Å². The number of rotatable bonds is 5. The minimum Gasteiger partial charge on any atom is -0.368 e. The largest absolute Gasteiger partial charge is 0.368 e. The van der Waals surface area contributed by atoms with Gasteiger partial charge in [0.15, 0.2) is 0 Å². The zero-order valence-electron chi connectivity index (χ0n) is 12.0. The van der Waals surface area contributed by atoms with Crippen LogP contribution in [0.5, 0.6) is 0 Å². The van der Waals surface area contributed by atoms with Crippen molar-refractivity contribution in [2.75, 3.05) is 11.9 Å². The molecule has 2 aromatic rings. The van der Waals surface area contributed by atoms with Gasteiger partial charge in [0.1, 0.15) is 11.6 Å². The number of hydrogen-bond acceptors (Lipinski definition) is 4. The fourth-order valence-corrected chi connectivity index (χ4v) is 1.83. The van der Waals surface area contributed by atoms with Gasteiger partial charge < -0.3 is 5.32 Å². The van der Waals surface area contributed by atoms with E-state index >= 15 is 0 Å². The molecule has 0 saturated carbocycles. The summed E-state index contributed by atoms with van der Waals surface area (Å²) in [4.78, 5) is 8.95. The van der Waals surface area contributed by atoms with Gasteiger partial charge in [-0.25, -0.2) is 9.97 Å². The predicted octanol–water partition coefficient (Wildman–Crippen LogP) is 2.53. The standard InChI is InChI=1S/C14H21N5/c1-10(2)14-17-12(4)7-13(18-14)15-5-6-19-9-11(3)8-16-19/h7-10H,5-6H2,1-4H3,(H,15,17,18). The highest BCUT2D eigenvalue weighted by atomic mass is 15.3. The fourth-order valence-electron chi connectivity index (χ4n) is 1.83. The number of anilines is 1. The molecular formula is C14H21N5. The Bertz CT molecular complexity index is 545. The lowest BCUT2D eigenvalue weighted by Crippen LogP contribution is -2.13. The second-order valence-electron chi connectivity index (χ2n) is 5.12. The third kappa shape index (κ3) is 3.77. The van der Waals surface area contributed by atoms with Gasteiger partial charge in [-0.15, -0.1) is 0 Å². The van der Waals surface area contributed by atoms with E-state index < -0.39 is 0 Å². The van der Waals surface area contributed by atoms with E-state index in [9.17, 15) is 0 Å². The average Bonchev–Trinajstić information content (AvgIpc) is 2.74. The van der Waals surface area contributed by atoms with Gasteiger partial charge in [-0.3, -0.25) is 4.68 Å². The minimum atomic E-state index is 0.342. The van der Waals surface area contributed by atoms with E-state index in [1.807, 2.05) is 37.0 Å². The molecule has 2 rings (SSSR count). The van der Waals surface area contributed by atoms with Gasteiger partial charge in [-0.1, -0.05) is 13.8 Å². The van der Waals surface area contributed by atoms with Crippen molar-refractivity contribution in [3.8, 4) is 0 Å². The second kappa shape index (κ2) is 5.82. The van der Waals surface area contributed by atoms with Crippen LogP contribution in [0, 0.1) is 13.8 Å². The first-order chi connectivity index (χ1) is 9.04. The maximum absolute atomic E-state index is 4.52. The van der Waals surface area contributed by atoms with E-state index in [0.29, 0.717) is 5.92 Å². The Hall–Kier alpha value is -1.91. The molecule has 0 aliphatic carbocycles. The molecular weight excluding hydrogens is 238 g/mol. The first-order valence-corrected chi connectivity index (χ1v) is 6.63. The summed E-state index contributed by atoms with van der Waals surface area (Å²) in [6.07, 6.45) is 3.90. The van der Waals surface area contributed by atoms with Gasteiger partial charge in [0.05, 0.1) is 12.7 Å². The van der Waals surface area contributed by atoms with Crippen LogP contribution in [0.2, 0.25) is 0 Å². The lowest BCUT2D eigenvalue weighted by molar-refractivity contribution is 0.636. The van der Waals surface area contributed by atoms with Crippen molar-refractivity contribution < 1.29 is 0 Å². The van der Waals surface area contributed by atoms with Gasteiger partial charge in [-0.2, -0.15) is 5.10 Å². The molecule has 5 nitrogen and oxygen atoms in total. The summed E-state index contributed by atoms with van der Waals surface area (Å²) in [7, 11) is 0. The van der Waals surface area contributed by atoms with Crippen LogP contribution in [0.25, 0.3) is 0 Å². The maximum atomic E-state index is 4.52. The summed E-state index contributed by atoms with van der Waals surface area (Å²) >= 11 is 0. The smallest absolute Gasteiger partial charge is 0.133 e. The van der Waals surface area contributed by atoms with Crippen LogP contribution in [-0.2, 0) is 6.54 Å². The van der Waals surface area contributed by atoms with E-state index in [1.54, 1.807) is 0 Å². The molecule has 0 saturated heterocycles. The molecule has 0 bridgehead atoms. The Balaban J connectivity index is 1.95. The first kappa shape index (κ1) is 13.5. The van der Waals surface area contributed by atoms with Crippen LogP contribution in [-0.4, -0.2) is 26.3 Å². The quantitative estimate of drug-likeness (QED) is 0.896. The Morgan fingerprint density at radius 3 is 2.68 bits per heavy atom. The Kier molecular flexibility index (Phi) is 4.14. The van der Waals surface area contributed by atoms with Crippen LogP contribution in [0.15, 0.2) is 18.5 Å². The van der Waals surface area contributed by atoms with Crippen LogP contribution in [0.3, 0.4) is 0 Å². The van der Waals surface area contributed by atoms with Crippen LogP contribution < -0.4 is 5.32 Å². The lowest BCUT2D eigenvalue weighted by Gasteiger charge is -2.10. The zero-order valence-corrected chi connectivity index (χ0v) is 12.0. The average molecular weight is 259 g/mol. The zero-order chi connectivity index (χ0) is 13.8. The molecule has 0 spiro atoms. The predicted molar refractivity (Wildman–Crippen MR) is 76.3 cm³/mol. The summed E-state index contributed by atoms with van der Waals surface area (Å²) in [5.41, 5.74) is 2.18. The molecule has 0 amide bonds. The molecule has 0 aliphatic rings. The highest BCUT2D eigenvalue weighted by Gasteiger charge is 2.05. The molecule has 102 valence electrons. The molecule has 0 radical (unpaired) electrons. The Morgan fingerprint density at radius 1 is 1.26 bits per heavy atom. The normalized spacial score (nSPS) is 11.0. The Morgan fingerprint density at radius 2 is 2.05 bits per heavy atom. The topological polar surface area (TPSA) is 55.6 Å². The monoisotopic (exact) mass is 259 g/mol. The molecule has 1 N–H and O–H groups in total.